The predicted octanol–water partition coefficient (Wildman–Crippen LogP) is 1.07. The first kappa shape index (κ1) is 13.5. The fourth-order valence-corrected chi connectivity index (χ4v) is 2.25. The lowest BCUT2D eigenvalue weighted by molar-refractivity contribution is -0.142. The number of amides is 1. The van der Waals surface area contributed by atoms with Crippen LogP contribution in [0.4, 0.5) is 0 Å². The summed E-state index contributed by atoms with van der Waals surface area (Å²) in [6, 6.07) is 7.47. The number of carbonyl (C=O) groups excluding carboxylic acids is 1. The van der Waals surface area contributed by atoms with Crippen molar-refractivity contribution in [3.63, 3.8) is 0 Å². The largest absolute Gasteiger partial charge is 0.479 e. The second-order valence-electron chi connectivity index (χ2n) is 4.69. The summed E-state index contributed by atoms with van der Waals surface area (Å²) in [5.41, 5.74) is 0.583. The Balaban J connectivity index is 2.04. The van der Waals surface area contributed by atoms with Gasteiger partial charge in [-0.25, -0.2) is 4.79 Å². The van der Waals surface area contributed by atoms with E-state index in [1.165, 1.54) is 0 Å². The minimum Gasteiger partial charge on any atom is -0.479 e. The highest BCUT2D eigenvalue weighted by molar-refractivity contribution is 5.87. The van der Waals surface area contributed by atoms with Gasteiger partial charge in [-0.15, -0.1) is 0 Å². The van der Waals surface area contributed by atoms with Crippen LogP contribution >= 0.6 is 0 Å². The Kier molecular flexibility index (Phi) is 4.52. The van der Waals surface area contributed by atoms with E-state index < -0.39 is 12.0 Å². The molecular formula is C14H18N2O3. The van der Waals surface area contributed by atoms with Gasteiger partial charge in [-0.1, -0.05) is 36.8 Å². The molecular weight excluding hydrogens is 244 g/mol. The normalized spacial score (nSPS) is 20.5. The van der Waals surface area contributed by atoms with Crippen LogP contribution in [0.25, 0.3) is 0 Å². The van der Waals surface area contributed by atoms with E-state index in [0.717, 1.165) is 25.8 Å². The number of nitrogens with one attached hydrogen (secondary N) is 2. The zero-order valence-corrected chi connectivity index (χ0v) is 10.6. The summed E-state index contributed by atoms with van der Waals surface area (Å²) >= 11 is 0. The molecule has 0 radical (unpaired) electrons. The highest BCUT2D eigenvalue weighted by Gasteiger charge is 2.27. The van der Waals surface area contributed by atoms with E-state index in [4.69, 9.17) is 0 Å². The lowest BCUT2D eigenvalue weighted by Crippen LogP contribution is -2.48. The Morgan fingerprint density at radius 1 is 1.26 bits per heavy atom. The summed E-state index contributed by atoms with van der Waals surface area (Å²) < 4.78 is 0. The summed E-state index contributed by atoms with van der Waals surface area (Å²) in [7, 11) is 0. The van der Waals surface area contributed by atoms with Crippen molar-refractivity contribution in [1.29, 1.82) is 0 Å². The van der Waals surface area contributed by atoms with Gasteiger partial charge in [-0.2, -0.15) is 0 Å². The fraction of sp³-hybridized carbons (Fsp3) is 0.429. The minimum absolute atomic E-state index is 0.240. The van der Waals surface area contributed by atoms with Gasteiger partial charge < -0.3 is 15.7 Å². The first-order valence-electron chi connectivity index (χ1n) is 6.50. The molecule has 1 fully saturated rings. The molecule has 2 atom stereocenters. The molecule has 1 aliphatic heterocycles. The second-order valence-corrected chi connectivity index (χ2v) is 4.69. The third kappa shape index (κ3) is 3.54. The molecule has 1 aromatic rings. The maximum Gasteiger partial charge on any atom is 0.330 e. The van der Waals surface area contributed by atoms with Crippen LogP contribution in [0.5, 0.6) is 0 Å². The van der Waals surface area contributed by atoms with E-state index in [0.29, 0.717) is 5.56 Å². The molecule has 102 valence electrons. The molecule has 0 aliphatic carbocycles. The van der Waals surface area contributed by atoms with Crippen molar-refractivity contribution in [3.05, 3.63) is 35.9 Å². The Bertz CT molecular complexity index is 441. The predicted molar refractivity (Wildman–Crippen MR) is 70.6 cm³/mol. The Morgan fingerprint density at radius 3 is 2.58 bits per heavy atom. The molecule has 2 unspecified atom stereocenters. The molecule has 1 amide bonds. The quantitative estimate of drug-likeness (QED) is 0.758. The summed E-state index contributed by atoms with van der Waals surface area (Å²) in [6.07, 6.45) is 2.81. The number of carboxylic acids is 1. The van der Waals surface area contributed by atoms with Crippen LogP contribution in [0.3, 0.4) is 0 Å². The van der Waals surface area contributed by atoms with Crippen LogP contribution in [0.2, 0.25) is 0 Å². The molecule has 5 heteroatoms. The van der Waals surface area contributed by atoms with Gasteiger partial charge in [0, 0.05) is 0 Å². The third-order valence-corrected chi connectivity index (χ3v) is 3.29. The maximum absolute atomic E-state index is 12.0. The van der Waals surface area contributed by atoms with Gasteiger partial charge in [-0.3, -0.25) is 4.79 Å². The Labute approximate surface area is 112 Å². The minimum atomic E-state index is -1.05. The summed E-state index contributed by atoms with van der Waals surface area (Å²) in [5.74, 6) is -1.29. The standard InChI is InChI=1S/C14H18N2O3/c17-13(11-8-4-5-9-15-11)16-12(14(18)19)10-6-2-1-3-7-10/h1-3,6-7,11-12,15H,4-5,8-9H2,(H,16,17)(H,18,19). The van der Waals surface area contributed by atoms with Crippen LogP contribution in [0.15, 0.2) is 30.3 Å². The molecule has 1 saturated heterocycles. The molecule has 0 spiro atoms. The van der Waals surface area contributed by atoms with Crippen LogP contribution < -0.4 is 10.6 Å². The van der Waals surface area contributed by atoms with Crippen molar-refractivity contribution in [2.45, 2.75) is 31.3 Å². The van der Waals surface area contributed by atoms with Crippen molar-refractivity contribution in [1.82, 2.24) is 10.6 Å². The number of piperidine rings is 1. The van der Waals surface area contributed by atoms with Crippen LogP contribution in [0, 0.1) is 0 Å². The van der Waals surface area contributed by atoms with Crippen LogP contribution in [0.1, 0.15) is 30.9 Å². The molecule has 1 aliphatic rings. The number of hydrogen-bond acceptors (Lipinski definition) is 3. The lowest BCUT2D eigenvalue weighted by Gasteiger charge is -2.24. The van der Waals surface area contributed by atoms with E-state index in [-0.39, 0.29) is 11.9 Å². The van der Waals surface area contributed by atoms with Crippen molar-refractivity contribution in [2.24, 2.45) is 0 Å². The zero-order valence-electron chi connectivity index (χ0n) is 10.6. The topological polar surface area (TPSA) is 78.4 Å². The highest BCUT2D eigenvalue weighted by Crippen LogP contribution is 2.14. The van der Waals surface area contributed by atoms with Crippen LogP contribution in [-0.2, 0) is 9.59 Å². The van der Waals surface area contributed by atoms with Gasteiger partial charge in [0.15, 0.2) is 6.04 Å². The first-order valence-corrected chi connectivity index (χ1v) is 6.50. The number of rotatable bonds is 4. The second kappa shape index (κ2) is 6.33. The number of benzene rings is 1. The number of hydrogen-bond donors (Lipinski definition) is 3. The monoisotopic (exact) mass is 262 g/mol. The molecule has 19 heavy (non-hydrogen) atoms. The molecule has 0 aromatic heterocycles. The summed E-state index contributed by atoms with van der Waals surface area (Å²) in [4.78, 5) is 23.3. The van der Waals surface area contributed by atoms with Crippen molar-refractivity contribution >= 4 is 11.9 Å². The average molecular weight is 262 g/mol. The molecule has 1 aromatic carbocycles. The molecule has 5 nitrogen and oxygen atoms in total. The SMILES string of the molecule is O=C(NC(C(=O)O)c1ccccc1)C1CCCCN1. The van der Waals surface area contributed by atoms with Crippen LogP contribution in [-0.4, -0.2) is 29.6 Å². The van der Waals surface area contributed by atoms with E-state index in [1.54, 1.807) is 24.3 Å². The van der Waals surface area contributed by atoms with E-state index >= 15 is 0 Å². The number of carbonyl (C=O) groups is 2. The van der Waals surface area contributed by atoms with Gasteiger partial charge in [0.05, 0.1) is 6.04 Å². The lowest BCUT2D eigenvalue weighted by atomic mass is 10.0. The van der Waals surface area contributed by atoms with E-state index in [1.807, 2.05) is 6.07 Å². The molecule has 0 saturated carbocycles. The highest BCUT2D eigenvalue weighted by atomic mass is 16.4. The smallest absolute Gasteiger partial charge is 0.330 e. The average Bonchev–Trinajstić information content (AvgIpc) is 2.46. The number of aliphatic carboxylic acids is 1. The Morgan fingerprint density at radius 2 is 2.00 bits per heavy atom. The maximum atomic E-state index is 12.0. The van der Waals surface area contributed by atoms with Crippen molar-refractivity contribution in [3.8, 4) is 0 Å². The van der Waals surface area contributed by atoms with Gasteiger partial charge in [0.25, 0.3) is 0 Å². The molecule has 1 heterocycles. The van der Waals surface area contributed by atoms with E-state index in [2.05, 4.69) is 10.6 Å². The van der Waals surface area contributed by atoms with Gasteiger partial charge >= 0.3 is 5.97 Å². The fourth-order valence-electron chi connectivity index (χ4n) is 2.25. The summed E-state index contributed by atoms with van der Waals surface area (Å²) in [5, 5.41) is 14.9. The Hall–Kier alpha value is -1.88. The first-order chi connectivity index (χ1) is 9.18. The molecule has 3 N–H and O–H groups in total. The molecule has 0 bridgehead atoms. The van der Waals surface area contributed by atoms with E-state index in [9.17, 15) is 14.7 Å². The number of carboxylic acid groups (broad SMARTS) is 1. The third-order valence-electron chi connectivity index (χ3n) is 3.29. The van der Waals surface area contributed by atoms with Gasteiger partial charge in [0.1, 0.15) is 0 Å². The van der Waals surface area contributed by atoms with Crippen molar-refractivity contribution in [2.75, 3.05) is 6.54 Å². The van der Waals surface area contributed by atoms with Crippen molar-refractivity contribution < 1.29 is 14.7 Å². The molecule has 2 rings (SSSR count). The zero-order chi connectivity index (χ0) is 13.7. The van der Waals surface area contributed by atoms with Gasteiger partial charge in [-0.05, 0) is 24.9 Å². The summed E-state index contributed by atoms with van der Waals surface area (Å²) in [6.45, 7) is 0.807. The van der Waals surface area contributed by atoms with Gasteiger partial charge in [0.2, 0.25) is 5.91 Å².